The number of carbonyl (C=O) groups is 1. The molecule has 5 nitrogen and oxygen atoms in total. The Bertz CT molecular complexity index is 602. The van der Waals surface area contributed by atoms with Crippen LogP contribution in [0.15, 0.2) is 24.5 Å². The Hall–Kier alpha value is -2.30. The van der Waals surface area contributed by atoms with Crippen molar-refractivity contribution in [1.82, 2.24) is 9.55 Å². The molecular weight excluding hydrogens is 230 g/mol. The maximum Gasteiger partial charge on any atom is 0.340 e. The molecule has 5 heteroatoms. The number of carbonyl (C=O) groups excluding carboxylic acids is 1. The van der Waals surface area contributed by atoms with Gasteiger partial charge in [0.05, 0.1) is 36.1 Å². The molecule has 0 saturated carbocycles. The van der Waals surface area contributed by atoms with Crippen LogP contribution in [0.4, 0.5) is 5.69 Å². The zero-order chi connectivity index (χ0) is 13.3. The molecule has 0 spiro atoms. The van der Waals surface area contributed by atoms with Crippen LogP contribution in [0.25, 0.3) is 5.69 Å². The Morgan fingerprint density at radius 1 is 1.39 bits per heavy atom. The number of nitrogens with zero attached hydrogens (tertiary/aromatic N) is 2. The van der Waals surface area contributed by atoms with Gasteiger partial charge in [0.2, 0.25) is 0 Å². The summed E-state index contributed by atoms with van der Waals surface area (Å²) in [4.78, 5) is 16.0. The highest BCUT2D eigenvalue weighted by Gasteiger charge is 2.17. The van der Waals surface area contributed by atoms with E-state index in [2.05, 4.69) is 4.98 Å². The van der Waals surface area contributed by atoms with Crippen molar-refractivity contribution in [3.63, 3.8) is 0 Å². The van der Waals surface area contributed by atoms with Gasteiger partial charge in [0, 0.05) is 5.69 Å². The normalized spacial score (nSPS) is 10.4. The van der Waals surface area contributed by atoms with Crippen LogP contribution in [0.1, 0.15) is 21.7 Å². The Kier molecular flexibility index (Phi) is 3.06. The minimum Gasteiger partial charge on any atom is -0.465 e. The molecule has 0 atom stereocenters. The SMILES string of the molecule is COC(=O)c1cccc(N)c1-n1cnc(C)c1C. The van der Waals surface area contributed by atoms with E-state index >= 15 is 0 Å². The van der Waals surface area contributed by atoms with Gasteiger partial charge in [-0.05, 0) is 26.0 Å². The molecule has 0 aliphatic heterocycles. The van der Waals surface area contributed by atoms with E-state index in [1.807, 2.05) is 13.8 Å². The molecule has 0 bridgehead atoms. The first kappa shape index (κ1) is 12.2. The second-order valence-corrected chi connectivity index (χ2v) is 4.02. The summed E-state index contributed by atoms with van der Waals surface area (Å²) >= 11 is 0. The second-order valence-electron chi connectivity index (χ2n) is 4.02. The van der Waals surface area contributed by atoms with E-state index in [0.29, 0.717) is 16.9 Å². The largest absolute Gasteiger partial charge is 0.465 e. The first-order chi connectivity index (χ1) is 8.56. The average molecular weight is 245 g/mol. The first-order valence-electron chi connectivity index (χ1n) is 5.54. The molecule has 0 amide bonds. The standard InChI is InChI=1S/C13H15N3O2/c1-8-9(2)16(7-15-8)12-10(13(17)18-3)5-4-6-11(12)14/h4-7H,14H2,1-3H3. The Balaban J connectivity index is 2.70. The van der Waals surface area contributed by atoms with Crippen LogP contribution in [0.3, 0.4) is 0 Å². The maximum atomic E-state index is 11.8. The number of benzene rings is 1. The third kappa shape index (κ3) is 1.84. The number of aryl methyl sites for hydroxylation is 1. The second kappa shape index (κ2) is 4.52. The minimum absolute atomic E-state index is 0.414. The first-order valence-corrected chi connectivity index (χ1v) is 5.54. The van der Waals surface area contributed by atoms with Gasteiger partial charge >= 0.3 is 5.97 Å². The summed E-state index contributed by atoms with van der Waals surface area (Å²) in [7, 11) is 1.35. The summed E-state index contributed by atoms with van der Waals surface area (Å²) < 4.78 is 6.57. The molecule has 2 N–H and O–H groups in total. The number of para-hydroxylation sites is 1. The highest BCUT2D eigenvalue weighted by atomic mass is 16.5. The van der Waals surface area contributed by atoms with Gasteiger partial charge in [-0.25, -0.2) is 9.78 Å². The van der Waals surface area contributed by atoms with Crippen LogP contribution in [0, 0.1) is 13.8 Å². The van der Waals surface area contributed by atoms with Gasteiger partial charge in [0.15, 0.2) is 0 Å². The van der Waals surface area contributed by atoms with Crippen molar-refractivity contribution in [3.05, 3.63) is 41.5 Å². The van der Waals surface area contributed by atoms with E-state index in [0.717, 1.165) is 11.4 Å². The Morgan fingerprint density at radius 3 is 2.67 bits per heavy atom. The number of ether oxygens (including phenoxy) is 1. The van der Waals surface area contributed by atoms with Crippen molar-refractivity contribution in [2.24, 2.45) is 0 Å². The minimum atomic E-state index is -0.414. The van der Waals surface area contributed by atoms with Crippen LogP contribution < -0.4 is 5.73 Å². The van der Waals surface area contributed by atoms with Crippen LogP contribution in [0.2, 0.25) is 0 Å². The fourth-order valence-electron chi connectivity index (χ4n) is 1.83. The predicted molar refractivity (Wildman–Crippen MR) is 68.8 cm³/mol. The van der Waals surface area contributed by atoms with Crippen LogP contribution in [-0.2, 0) is 4.74 Å². The Labute approximate surface area is 105 Å². The number of hydrogen-bond donors (Lipinski definition) is 1. The van der Waals surface area contributed by atoms with E-state index in [4.69, 9.17) is 10.5 Å². The topological polar surface area (TPSA) is 70.1 Å². The fraction of sp³-hybridized carbons (Fsp3) is 0.231. The molecule has 1 heterocycles. The molecule has 0 saturated heterocycles. The van der Waals surface area contributed by atoms with Gasteiger partial charge in [-0.15, -0.1) is 0 Å². The van der Waals surface area contributed by atoms with Crippen molar-refractivity contribution in [3.8, 4) is 5.69 Å². The molecule has 2 aromatic rings. The zero-order valence-corrected chi connectivity index (χ0v) is 10.6. The van der Waals surface area contributed by atoms with E-state index in [1.165, 1.54) is 7.11 Å². The average Bonchev–Trinajstić information content (AvgIpc) is 2.69. The number of anilines is 1. The summed E-state index contributed by atoms with van der Waals surface area (Å²) in [6.45, 7) is 3.83. The smallest absolute Gasteiger partial charge is 0.340 e. The quantitative estimate of drug-likeness (QED) is 0.647. The molecule has 1 aromatic heterocycles. The van der Waals surface area contributed by atoms with Gasteiger partial charge in [0.1, 0.15) is 0 Å². The van der Waals surface area contributed by atoms with Crippen LogP contribution in [-0.4, -0.2) is 22.6 Å². The van der Waals surface area contributed by atoms with Crippen molar-refractivity contribution < 1.29 is 9.53 Å². The predicted octanol–water partition coefficient (Wildman–Crippen LogP) is 1.86. The highest BCUT2D eigenvalue weighted by Crippen LogP contribution is 2.25. The zero-order valence-electron chi connectivity index (χ0n) is 10.6. The van der Waals surface area contributed by atoms with Crippen LogP contribution >= 0.6 is 0 Å². The van der Waals surface area contributed by atoms with Crippen molar-refractivity contribution >= 4 is 11.7 Å². The number of imidazole rings is 1. The molecule has 0 fully saturated rings. The molecule has 0 unspecified atom stereocenters. The van der Waals surface area contributed by atoms with E-state index in [-0.39, 0.29) is 0 Å². The highest BCUT2D eigenvalue weighted by molar-refractivity contribution is 5.96. The number of hydrogen-bond acceptors (Lipinski definition) is 4. The number of methoxy groups -OCH3 is 1. The molecular formula is C13H15N3O2. The lowest BCUT2D eigenvalue weighted by molar-refractivity contribution is 0.0601. The summed E-state index contributed by atoms with van der Waals surface area (Å²) in [6, 6.07) is 5.16. The molecule has 0 aliphatic rings. The van der Waals surface area contributed by atoms with E-state index < -0.39 is 5.97 Å². The third-order valence-corrected chi connectivity index (χ3v) is 2.97. The van der Waals surface area contributed by atoms with Gasteiger partial charge in [-0.3, -0.25) is 0 Å². The lowest BCUT2D eigenvalue weighted by atomic mass is 10.1. The third-order valence-electron chi connectivity index (χ3n) is 2.97. The lowest BCUT2D eigenvalue weighted by Gasteiger charge is -2.13. The number of esters is 1. The molecule has 18 heavy (non-hydrogen) atoms. The summed E-state index contributed by atoms with van der Waals surface area (Å²) in [5, 5.41) is 0. The lowest BCUT2D eigenvalue weighted by Crippen LogP contribution is -2.10. The summed E-state index contributed by atoms with van der Waals surface area (Å²) in [6.07, 6.45) is 1.66. The van der Waals surface area contributed by atoms with E-state index in [1.54, 1.807) is 29.1 Å². The molecule has 2 rings (SSSR count). The monoisotopic (exact) mass is 245 g/mol. The Morgan fingerprint density at radius 2 is 2.11 bits per heavy atom. The van der Waals surface area contributed by atoms with Gasteiger partial charge in [0.25, 0.3) is 0 Å². The molecule has 0 aliphatic carbocycles. The number of nitrogen functional groups attached to an aromatic ring is 1. The van der Waals surface area contributed by atoms with E-state index in [9.17, 15) is 4.79 Å². The van der Waals surface area contributed by atoms with Gasteiger partial charge < -0.3 is 15.0 Å². The summed E-state index contributed by atoms with van der Waals surface area (Å²) in [5.74, 6) is -0.414. The van der Waals surface area contributed by atoms with Crippen molar-refractivity contribution in [2.45, 2.75) is 13.8 Å². The molecule has 0 radical (unpaired) electrons. The summed E-state index contributed by atoms with van der Waals surface area (Å²) in [5.41, 5.74) is 9.36. The molecule has 1 aromatic carbocycles. The molecule has 94 valence electrons. The van der Waals surface area contributed by atoms with Crippen molar-refractivity contribution in [2.75, 3.05) is 12.8 Å². The van der Waals surface area contributed by atoms with Crippen LogP contribution in [0.5, 0.6) is 0 Å². The number of nitrogens with two attached hydrogens (primary N) is 1. The number of rotatable bonds is 2. The number of aromatic nitrogens is 2. The van der Waals surface area contributed by atoms with Gasteiger partial charge in [-0.1, -0.05) is 6.07 Å². The maximum absolute atomic E-state index is 11.8. The van der Waals surface area contributed by atoms with Gasteiger partial charge in [-0.2, -0.15) is 0 Å². The van der Waals surface area contributed by atoms with Crippen molar-refractivity contribution in [1.29, 1.82) is 0 Å². The fourth-order valence-corrected chi connectivity index (χ4v) is 1.83.